The van der Waals surface area contributed by atoms with Crippen molar-refractivity contribution in [2.24, 2.45) is 0 Å². The van der Waals surface area contributed by atoms with Gasteiger partial charge in [-0.05, 0) is 42.8 Å². The topological polar surface area (TPSA) is 29.1 Å². The molecule has 0 aliphatic rings. The molecule has 0 aromatic heterocycles. The Hall–Kier alpha value is -1.51. The highest BCUT2D eigenvalue weighted by Gasteiger charge is 2.05. The Morgan fingerprint density at radius 1 is 1.11 bits per heavy atom. The lowest BCUT2D eigenvalue weighted by Gasteiger charge is -2.10. The smallest absolute Gasteiger partial charge is 0.159 e. The monoisotopic (exact) mass is 293 g/mol. The van der Waals surface area contributed by atoms with Gasteiger partial charge in [0, 0.05) is 17.1 Å². The van der Waals surface area contributed by atoms with Crippen LogP contribution in [0.4, 0.5) is 5.69 Å². The van der Waals surface area contributed by atoms with E-state index in [9.17, 15) is 4.79 Å². The minimum Gasteiger partial charge on any atom is -0.380 e. The fourth-order valence-corrected chi connectivity index (χ4v) is 1.99. The average Bonchev–Trinajstić information content (AvgIpc) is 2.39. The van der Waals surface area contributed by atoms with Crippen LogP contribution >= 0.6 is 23.2 Å². The third kappa shape index (κ3) is 3.72. The zero-order chi connectivity index (χ0) is 13.8. The van der Waals surface area contributed by atoms with Crippen LogP contribution in [0.2, 0.25) is 10.0 Å². The van der Waals surface area contributed by atoms with Gasteiger partial charge in [-0.15, -0.1) is 0 Å². The van der Waals surface area contributed by atoms with Crippen molar-refractivity contribution in [3.63, 3.8) is 0 Å². The van der Waals surface area contributed by atoms with Crippen molar-refractivity contribution < 1.29 is 4.79 Å². The van der Waals surface area contributed by atoms with Crippen LogP contribution in [0.25, 0.3) is 0 Å². The molecule has 98 valence electrons. The molecule has 4 heteroatoms. The molecule has 0 amide bonds. The standard InChI is InChI=1S/C15H13Cl2NO/c1-10(19)12-4-7-14(17)15(8-12)18-9-11-2-5-13(16)6-3-11/h2-8,18H,9H2,1H3. The van der Waals surface area contributed by atoms with Gasteiger partial charge in [0.2, 0.25) is 0 Å². The number of carbonyl (C=O) groups is 1. The van der Waals surface area contributed by atoms with E-state index in [1.165, 1.54) is 6.92 Å². The summed E-state index contributed by atoms with van der Waals surface area (Å²) in [5.74, 6) is 0.0196. The Kier molecular flexibility index (Phi) is 4.46. The van der Waals surface area contributed by atoms with Crippen LogP contribution in [0.5, 0.6) is 0 Å². The zero-order valence-corrected chi connectivity index (χ0v) is 11.9. The van der Waals surface area contributed by atoms with E-state index < -0.39 is 0 Å². The first-order chi connectivity index (χ1) is 9.06. The van der Waals surface area contributed by atoms with E-state index in [0.717, 1.165) is 11.3 Å². The molecule has 0 radical (unpaired) electrons. The molecule has 2 nitrogen and oxygen atoms in total. The minimum atomic E-state index is 0.0196. The van der Waals surface area contributed by atoms with E-state index in [4.69, 9.17) is 23.2 Å². The molecular formula is C15H13Cl2NO. The lowest BCUT2D eigenvalue weighted by molar-refractivity contribution is 0.101. The highest BCUT2D eigenvalue weighted by molar-refractivity contribution is 6.33. The van der Waals surface area contributed by atoms with Crippen LogP contribution in [0.3, 0.4) is 0 Å². The number of benzene rings is 2. The predicted molar refractivity (Wildman–Crippen MR) is 80.2 cm³/mol. The second kappa shape index (κ2) is 6.09. The highest BCUT2D eigenvalue weighted by Crippen LogP contribution is 2.24. The van der Waals surface area contributed by atoms with Crippen LogP contribution in [-0.2, 0) is 6.54 Å². The molecule has 0 unspecified atom stereocenters. The first-order valence-electron chi connectivity index (χ1n) is 5.85. The molecular weight excluding hydrogens is 281 g/mol. The molecule has 0 saturated carbocycles. The van der Waals surface area contributed by atoms with Crippen molar-refractivity contribution in [1.29, 1.82) is 0 Å². The quantitative estimate of drug-likeness (QED) is 0.820. The second-order valence-electron chi connectivity index (χ2n) is 4.23. The molecule has 1 N–H and O–H groups in total. The second-order valence-corrected chi connectivity index (χ2v) is 5.07. The molecule has 0 aliphatic carbocycles. The van der Waals surface area contributed by atoms with Gasteiger partial charge in [-0.2, -0.15) is 0 Å². The van der Waals surface area contributed by atoms with Crippen LogP contribution in [0.15, 0.2) is 42.5 Å². The van der Waals surface area contributed by atoms with Gasteiger partial charge in [0.05, 0.1) is 10.7 Å². The van der Waals surface area contributed by atoms with Crippen LogP contribution in [-0.4, -0.2) is 5.78 Å². The van der Waals surface area contributed by atoms with E-state index in [0.29, 0.717) is 22.2 Å². The predicted octanol–water partition coefficient (Wildman–Crippen LogP) is 4.81. The lowest BCUT2D eigenvalue weighted by Crippen LogP contribution is -2.01. The summed E-state index contributed by atoms with van der Waals surface area (Å²) in [7, 11) is 0. The normalized spacial score (nSPS) is 10.3. The summed E-state index contributed by atoms with van der Waals surface area (Å²) in [5.41, 5.74) is 2.49. The van der Waals surface area contributed by atoms with Crippen LogP contribution < -0.4 is 5.32 Å². The number of anilines is 1. The summed E-state index contributed by atoms with van der Waals surface area (Å²) < 4.78 is 0. The highest BCUT2D eigenvalue weighted by atomic mass is 35.5. The number of hydrogen-bond donors (Lipinski definition) is 1. The Balaban J connectivity index is 2.12. The molecule has 2 aromatic carbocycles. The Bertz CT molecular complexity index is 594. The van der Waals surface area contributed by atoms with E-state index >= 15 is 0 Å². The van der Waals surface area contributed by atoms with E-state index in [-0.39, 0.29) is 5.78 Å². The van der Waals surface area contributed by atoms with Crippen molar-refractivity contribution in [3.05, 3.63) is 63.6 Å². The van der Waals surface area contributed by atoms with Gasteiger partial charge in [-0.3, -0.25) is 4.79 Å². The molecule has 0 saturated heterocycles. The van der Waals surface area contributed by atoms with Crippen LogP contribution in [0, 0.1) is 0 Å². The summed E-state index contributed by atoms with van der Waals surface area (Å²) in [4.78, 5) is 11.3. The van der Waals surface area contributed by atoms with Crippen molar-refractivity contribution in [1.82, 2.24) is 0 Å². The third-order valence-electron chi connectivity index (χ3n) is 2.77. The molecule has 0 bridgehead atoms. The first-order valence-corrected chi connectivity index (χ1v) is 6.60. The fourth-order valence-electron chi connectivity index (χ4n) is 1.68. The molecule has 0 spiro atoms. The summed E-state index contributed by atoms with van der Waals surface area (Å²) >= 11 is 11.9. The first kappa shape index (κ1) is 13.9. The Morgan fingerprint density at radius 3 is 2.42 bits per heavy atom. The van der Waals surface area contributed by atoms with E-state index in [1.54, 1.807) is 18.2 Å². The van der Waals surface area contributed by atoms with Gasteiger partial charge in [-0.1, -0.05) is 35.3 Å². The largest absolute Gasteiger partial charge is 0.380 e. The van der Waals surface area contributed by atoms with Gasteiger partial charge in [0.15, 0.2) is 5.78 Å². The number of halogens is 2. The Labute approximate surface area is 122 Å². The summed E-state index contributed by atoms with van der Waals surface area (Å²) in [6.07, 6.45) is 0. The van der Waals surface area contributed by atoms with Gasteiger partial charge < -0.3 is 5.32 Å². The maximum Gasteiger partial charge on any atom is 0.159 e. The molecule has 0 atom stereocenters. The number of hydrogen-bond acceptors (Lipinski definition) is 2. The zero-order valence-electron chi connectivity index (χ0n) is 10.4. The van der Waals surface area contributed by atoms with Gasteiger partial charge in [0.1, 0.15) is 0 Å². The van der Waals surface area contributed by atoms with Gasteiger partial charge in [0.25, 0.3) is 0 Å². The number of carbonyl (C=O) groups excluding carboxylic acids is 1. The van der Waals surface area contributed by atoms with Gasteiger partial charge in [-0.25, -0.2) is 0 Å². The third-order valence-corrected chi connectivity index (χ3v) is 3.35. The average molecular weight is 294 g/mol. The molecule has 19 heavy (non-hydrogen) atoms. The van der Waals surface area contributed by atoms with E-state index in [1.807, 2.05) is 24.3 Å². The molecule has 2 rings (SSSR count). The van der Waals surface area contributed by atoms with Crippen molar-refractivity contribution >= 4 is 34.7 Å². The number of ketones is 1. The maximum atomic E-state index is 11.3. The molecule has 0 aliphatic heterocycles. The number of rotatable bonds is 4. The van der Waals surface area contributed by atoms with E-state index in [2.05, 4.69) is 5.32 Å². The number of nitrogens with one attached hydrogen (secondary N) is 1. The van der Waals surface area contributed by atoms with Crippen molar-refractivity contribution in [3.8, 4) is 0 Å². The SMILES string of the molecule is CC(=O)c1ccc(Cl)c(NCc2ccc(Cl)cc2)c1. The molecule has 0 heterocycles. The summed E-state index contributed by atoms with van der Waals surface area (Å²) in [6, 6.07) is 12.8. The Morgan fingerprint density at radius 2 is 1.79 bits per heavy atom. The summed E-state index contributed by atoms with van der Waals surface area (Å²) in [6.45, 7) is 2.16. The molecule has 0 fully saturated rings. The van der Waals surface area contributed by atoms with Crippen LogP contribution in [0.1, 0.15) is 22.8 Å². The van der Waals surface area contributed by atoms with Crippen molar-refractivity contribution in [2.45, 2.75) is 13.5 Å². The summed E-state index contributed by atoms with van der Waals surface area (Å²) in [5, 5.41) is 4.52. The molecule has 2 aromatic rings. The fraction of sp³-hybridized carbons (Fsp3) is 0.133. The minimum absolute atomic E-state index is 0.0196. The number of Topliss-reactive ketones (excluding diaryl/α,β-unsaturated/α-hetero) is 1. The van der Waals surface area contributed by atoms with Crippen molar-refractivity contribution in [2.75, 3.05) is 5.32 Å². The maximum absolute atomic E-state index is 11.3. The van der Waals surface area contributed by atoms with Gasteiger partial charge >= 0.3 is 0 Å². The lowest BCUT2D eigenvalue weighted by atomic mass is 10.1.